The maximum absolute atomic E-state index is 11.3. The molecule has 18 heavy (non-hydrogen) atoms. The number of amides is 3. The van der Waals surface area contributed by atoms with Gasteiger partial charge in [-0.15, -0.1) is 0 Å². The summed E-state index contributed by atoms with van der Waals surface area (Å²) in [6, 6.07) is -1.96. The van der Waals surface area contributed by atoms with Crippen LogP contribution in [-0.2, 0) is 14.3 Å². The van der Waals surface area contributed by atoms with E-state index in [0.717, 1.165) is 0 Å². The van der Waals surface area contributed by atoms with Crippen LogP contribution in [-0.4, -0.2) is 48.8 Å². The van der Waals surface area contributed by atoms with Crippen molar-refractivity contribution in [3.8, 4) is 0 Å². The number of rotatable bonds is 9. The quantitative estimate of drug-likeness (QED) is 0.397. The van der Waals surface area contributed by atoms with Crippen molar-refractivity contribution >= 4 is 17.9 Å². The fourth-order valence-electron chi connectivity index (χ4n) is 1.13. The minimum Gasteiger partial charge on any atom is -0.480 e. The van der Waals surface area contributed by atoms with E-state index in [-0.39, 0.29) is 0 Å². The molecule has 8 nitrogen and oxygen atoms in total. The van der Waals surface area contributed by atoms with Gasteiger partial charge in [-0.2, -0.15) is 0 Å². The van der Waals surface area contributed by atoms with Crippen molar-refractivity contribution in [2.45, 2.75) is 25.8 Å². The lowest BCUT2D eigenvalue weighted by atomic mass is 10.2. The molecule has 0 aliphatic carbocycles. The third kappa shape index (κ3) is 8.34. The molecule has 104 valence electrons. The first-order valence-electron chi connectivity index (χ1n) is 5.60. The van der Waals surface area contributed by atoms with Crippen LogP contribution < -0.4 is 16.4 Å². The van der Waals surface area contributed by atoms with Gasteiger partial charge in [0.1, 0.15) is 6.04 Å². The molecule has 0 rings (SSSR count). The predicted octanol–water partition coefficient (Wildman–Crippen LogP) is -0.959. The topological polar surface area (TPSA) is 131 Å². The minimum atomic E-state index is -1.31. The van der Waals surface area contributed by atoms with Crippen LogP contribution in [0.3, 0.4) is 0 Å². The number of nitrogens with one attached hydrogen (secondary N) is 2. The number of carbonyl (C=O) groups is 3. The van der Waals surface area contributed by atoms with Crippen LogP contribution in [0.25, 0.3) is 0 Å². The van der Waals surface area contributed by atoms with Gasteiger partial charge in [-0.1, -0.05) is 0 Å². The molecule has 0 saturated carbocycles. The molecule has 0 heterocycles. The summed E-state index contributed by atoms with van der Waals surface area (Å²) in [5, 5.41) is 13.3. The molecule has 3 amide bonds. The third-order valence-corrected chi connectivity index (χ3v) is 1.96. The lowest BCUT2D eigenvalue weighted by Crippen LogP contribution is -2.47. The first-order chi connectivity index (χ1) is 8.47. The molecular formula is C10H19N3O5. The summed E-state index contributed by atoms with van der Waals surface area (Å²) in [5.41, 5.74) is 4.87. The van der Waals surface area contributed by atoms with E-state index in [9.17, 15) is 14.4 Å². The Morgan fingerprint density at radius 2 is 2.06 bits per heavy atom. The summed E-state index contributed by atoms with van der Waals surface area (Å²) in [7, 11) is 0. The van der Waals surface area contributed by atoms with Gasteiger partial charge in [-0.25, -0.2) is 9.59 Å². The van der Waals surface area contributed by atoms with Crippen molar-refractivity contribution in [1.82, 2.24) is 10.6 Å². The SMILES string of the molecule is CCOCCCNC(=O)N[C@@H](CC(N)=O)C(=O)O. The summed E-state index contributed by atoms with van der Waals surface area (Å²) in [6.45, 7) is 3.34. The van der Waals surface area contributed by atoms with Gasteiger partial charge < -0.3 is 26.2 Å². The second-order valence-corrected chi connectivity index (χ2v) is 3.51. The number of carboxylic acids is 1. The molecule has 0 aliphatic heterocycles. The molecule has 0 bridgehead atoms. The number of urea groups is 1. The van der Waals surface area contributed by atoms with Crippen molar-refractivity contribution < 1.29 is 24.2 Å². The van der Waals surface area contributed by atoms with Crippen molar-refractivity contribution in [2.24, 2.45) is 5.73 Å². The van der Waals surface area contributed by atoms with Gasteiger partial charge in [0, 0.05) is 19.8 Å². The average molecular weight is 261 g/mol. The first kappa shape index (κ1) is 16.2. The standard InChI is InChI=1S/C10H19N3O5/c1-2-18-5-3-4-12-10(17)13-7(9(15)16)6-8(11)14/h7H,2-6H2,1H3,(H2,11,14)(H,15,16)(H2,12,13,17)/t7-/m0/s1. The van der Waals surface area contributed by atoms with Crippen LogP contribution >= 0.6 is 0 Å². The van der Waals surface area contributed by atoms with Crippen LogP contribution in [0.15, 0.2) is 0 Å². The van der Waals surface area contributed by atoms with E-state index in [0.29, 0.717) is 26.2 Å². The van der Waals surface area contributed by atoms with Gasteiger partial charge in [0.05, 0.1) is 6.42 Å². The van der Waals surface area contributed by atoms with Gasteiger partial charge in [0.2, 0.25) is 5.91 Å². The van der Waals surface area contributed by atoms with Crippen molar-refractivity contribution in [2.75, 3.05) is 19.8 Å². The number of nitrogens with two attached hydrogens (primary N) is 1. The molecule has 0 aromatic heterocycles. The van der Waals surface area contributed by atoms with Crippen molar-refractivity contribution in [1.29, 1.82) is 0 Å². The summed E-state index contributed by atoms with van der Waals surface area (Å²) < 4.78 is 5.06. The van der Waals surface area contributed by atoms with Crippen LogP contribution in [0.1, 0.15) is 19.8 Å². The van der Waals surface area contributed by atoms with E-state index >= 15 is 0 Å². The molecule has 0 aliphatic rings. The maximum Gasteiger partial charge on any atom is 0.326 e. The van der Waals surface area contributed by atoms with Gasteiger partial charge in [0.15, 0.2) is 0 Å². The smallest absolute Gasteiger partial charge is 0.326 e. The molecule has 8 heteroatoms. The number of ether oxygens (including phenoxy) is 1. The van der Waals surface area contributed by atoms with Gasteiger partial charge in [0.25, 0.3) is 0 Å². The highest BCUT2D eigenvalue weighted by molar-refractivity contribution is 5.87. The molecular weight excluding hydrogens is 242 g/mol. The molecule has 1 atom stereocenters. The van der Waals surface area contributed by atoms with E-state index in [1.54, 1.807) is 0 Å². The normalized spacial score (nSPS) is 11.6. The molecule has 0 aromatic carbocycles. The van der Waals surface area contributed by atoms with Crippen molar-refractivity contribution in [3.05, 3.63) is 0 Å². The van der Waals surface area contributed by atoms with Gasteiger partial charge in [-0.05, 0) is 13.3 Å². The Balaban J connectivity index is 3.88. The Hall–Kier alpha value is -1.83. The summed E-state index contributed by atoms with van der Waals surface area (Å²) in [6.07, 6.45) is 0.177. The number of primary amides is 1. The summed E-state index contributed by atoms with van der Waals surface area (Å²) in [4.78, 5) is 32.6. The van der Waals surface area contributed by atoms with Crippen LogP contribution in [0.2, 0.25) is 0 Å². The molecule has 0 radical (unpaired) electrons. The molecule has 0 spiro atoms. The second kappa shape index (κ2) is 9.23. The highest BCUT2D eigenvalue weighted by atomic mass is 16.5. The first-order valence-corrected chi connectivity index (χ1v) is 5.60. The zero-order valence-electron chi connectivity index (χ0n) is 10.3. The summed E-state index contributed by atoms with van der Waals surface area (Å²) in [5.74, 6) is -2.10. The lowest BCUT2D eigenvalue weighted by Gasteiger charge is -2.13. The minimum absolute atomic E-state index is 0.356. The van der Waals surface area contributed by atoms with Gasteiger partial charge >= 0.3 is 12.0 Å². The Labute approximate surface area is 105 Å². The maximum atomic E-state index is 11.3. The Bertz CT molecular complexity index is 295. The lowest BCUT2D eigenvalue weighted by molar-refractivity contribution is -0.140. The highest BCUT2D eigenvalue weighted by Crippen LogP contribution is 1.91. The Kier molecular flexibility index (Phi) is 8.29. The number of aliphatic carboxylic acids is 1. The predicted molar refractivity (Wildman–Crippen MR) is 62.9 cm³/mol. The molecule has 0 unspecified atom stereocenters. The van der Waals surface area contributed by atoms with Crippen LogP contribution in [0.5, 0.6) is 0 Å². The largest absolute Gasteiger partial charge is 0.480 e. The number of hydrogen-bond donors (Lipinski definition) is 4. The van der Waals surface area contributed by atoms with E-state index in [1.807, 2.05) is 6.92 Å². The Morgan fingerprint density at radius 1 is 1.39 bits per heavy atom. The van der Waals surface area contributed by atoms with E-state index in [2.05, 4.69) is 10.6 Å². The van der Waals surface area contributed by atoms with E-state index in [1.165, 1.54) is 0 Å². The van der Waals surface area contributed by atoms with Gasteiger partial charge in [-0.3, -0.25) is 4.79 Å². The molecule has 0 aromatic rings. The van der Waals surface area contributed by atoms with E-state index in [4.69, 9.17) is 15.6 Å². The average Bonchev–Trinajstić information content (AvgIpc) is 2.27. The highest BCUT2D eigenvalue weighted by Gasteiger charge is 2.21. The van der Waals surface area contributed by atoms with Crippen molar-refractivity contribution in [3.63, 3.8) is 0 Å². The third-order valence-electron chi connectivity index (χ3n) is 1.96. The molecule has 5 N–H and O–H groups in total. The molecule has 0 fully saturated rings. The summed E-state index contributed by atoms with van der Waals surface area (Å²) >= 11 is 0. The zero-order valence-corrected chi connectivity index (χ0v) is 10.3. The fourth-order valence-corrected chi connectivity index (χ4v) is 1.13. The van der Waals surface area contributed by atoms with E-state index < -0.39 is 30.4 Å². The Morgan fingerprint density at radius 3 is 2.56 bits per heavy atom. The number of carbonyl (C=O) groups excluding carboxylic acids is 2. The second-order valence-electron chi connectivity index (χ2n) is 3.51. The van der Waals surface area contributed by atoms with Crippen LogP contribution in [0, 0.1) is 0 Å². The van der Waals surface area contributed by atoms with Crippen LogP contribution in [0.4, 0.5) is 4.79 Å². The monoisotopic (exact) mass is 261 g/mol. The zero-order chi connectivity index (χ0) is 14.0. The fraction of sp³-hybridized carbons (Fsp3) is 0.700. The molecule has 0 saturated heterocycles. The number of hydrogen-bond acceptors (Lipinski definition) is 4. The number of carboxylic acid groups (broad SMARTS) is 1.